The molecular formula is C112H154O22. The van der Waals surface area contributed by atoms with Gasteiger partial charge in [-0.15, -0.1) is 0 Å². The van der Waals surface area contributed by atoms with Crippen LogP contribution in [0.2, 0.25) is 0 Å². The van der Waals surface area contributed by atoms with E-state index in [4.69, 9.17) is 14.6 Å². The SMILES string of the molecule is CC(C)=CCC(=O)C(C)CCc1cc(C(=O)O)cc(CC=C(C)C)c1O.CC(C)=CCC(O)/C(C)=C/Cc1cc(C(=O)O)cc(C/C=C(\C)CO)c1O.CC(C)=CCc1cc(C(=O)O)cc(C/C=C(\C)C(O)CC=C(C)C)c1O.COc1c(C/C=C(\C)CO)cc(C(=O)O)cc1C/C=C(\C)C(O)CC=C(C)C.COc1c(CC=C(C)C)cc(C(=O)O)cc1C/C=C(\C)C(O)CC=C(C)C. The minimum Gasteiger partial charge on any atom is -0.507 e. The minimum atomic E-state index is -1.07. The molecule has 734 valence electrons. The third-order valence-electron chi connectivity index (χ3n) is 21.7. The fraction of sp³-hybridized carbons (Fsp3) is 0.429. The zero-order valence-electron chi connectivity index (χ0n) is 84.0. The number of carbonyl (C=O) groups is 6. The number of methoxy groups -OCH3 is 2. The van der Waals surface area contributed by atoms with E-state index in [0.29, 0.717) is 148 Å². The van der Waals surface area contributed by atoms with Crippen molar-refractivity contribution in [2.75, 3.05) is 27.4 Å². The Labute approximate surface area is 796 Å². The highest BCUT2D eigenvalue weighted by Crippen LogP contribution is 2.35. The van der Waals surface area contributed by atoms with Crippen LogP contribution in [0.25, 0.3) is 0 Å². The maximum atomic E-state index is 12.2. The molecule has 0 heterocycles. The third-order valence-corrected chi connectivity index (χ3v) is 21.7. The smallest absolute Gasteiger partial charge is 0.335 e. The van der Waals surface area contributed by atoms with E-state index in [0.717, 1.165) is 94.7 Å². The molecule has 0 saturated heterocycles. The first-order chi connectivity index (χ1) is 62.7. The summed E-state index contributed by atoms with van der Waals surface area (Å²) in [5.74, 6) is -3.40. The zero-order chi connectivity index (χ0) is 102. The molecule has 0 aliphatic carbocycles. The van der Waals surface area contributed by atoms with Crippen molar-refractivity contribution in [3.05, 3.63) is 307 Å². The molecule has 134 heavy (non-hydrogen) atoms. The second-order valence-electron chi connectivity index (χ2n) is 36.0. The number of phenols is 3. The number of ketones is 1. The number of carbonyl (C=O) groups excluding carboxylic acids is 1. The van der Waals surface area contributed by atoms with Gasteiger partial charge in [-0.2, -0.15) is 0 Å². The quantitative estimate of drug-likeness (QED) is 0.0161. The number of hydrogen-bond acceptors (Lipinski definition) is 17. The molecule has 22 nitrogen and oxygen atoms in total. The van der Waals surface area contributed by atoms with Crippen LogP contribution >= 0.6 is 0 Å². The van der Waals surface area contributed by atoms with Crippen LogP contribution < -0.4 is 9.47 Å². The van der Waals surface area contributed by atoms with Gasteiger partial charge in [-0.05, 0) is 387 Å². The van der Waals surface area contributed by atoms with Crippen LogP contribution in [0.4, 0.5) is 0 Å². The standard InChI is InChI=1S/C23H32O5.C23H32O4.C22H30O5.2C22H30O4/c1-15(2)6-11-21(25)17(4)8-10-19-13-20(23(26)27)12-18(22(19)28-5)9-7-16(3)14-24;1-15(2)7-10-18-13-20(23(25)26)14-19(22(18)27-6)11-9-17(5)21(24)12-8-16(3)4;1-14(2)5-10-20(24)16(4)7-9-18-12-19(22(26)27)11-17(21(18)25)8-6-15(3)13-23;2*1-14(2)6-9-17-12-19(22(25)26)13-18(21(17)24)10-8-16(5)20(23)11-7-15(3)4/h6-8,12-13,21,24-25H,9-11,14H2,1-5H3,(H,26,27);7-9,13-14,21,24H,10-12H2,1-6H3,(H,25,26);5-7,11-12,20,23-25H,8-10,13H2,1-4H3,(H,26,27);6-7,12-13,16,24H,8-11H2,1-5H3,(H,25,26);6-8,12-13,20,23-24H,9-11H2,1-5H3,(H,25,26)/b16-7+,17-8+;17-9+;15-6+,16-7+;;16-8+. The number of aliphatic hydroxyl groups is 6. The molecular weight excluding hydrogens is 1700 g/mol. The number of ether oxygens (including phenoxy) is 2. The summed E-state index contributed by atoms with van der Waals surface area (Å²) < 4.78 is 11.2. The molecule has 0 bridgehead atoms. The van der Waals surface area contributed by atoms with Gasteiger partial charge < -0.3 is 81.0 Å². The summed E-state index contributed by atoms with van der Waals surface area (Å²) in [7, 11) is 3.16. The number of hydrogen-bond donors (Lipinski definition) is 14. The van der Waals surface area contributed by atoms with Gasteiger partial charge in [0, 0.05) is 12.3 Å². The van der Waals surface area contributed by atoms with Crippen molar-refractivity contribution >= 4 is 35.6 Å². The van der Waals surface area contributed by atoms with Crippen LogP contribution in [0.5, 0.6) is 28.7 Å². The molecule has 5 rings (SSSR count). The Hall–Kier alpha value is -11.8. The van der Waals surface area contributed by atoms with Crippen molar-refractivity contribution in [1.82, 2.24) is 0 Å². The van der Waals surface area contributed by atoms with Crippen LogP contribution in [-0.2, 0) is 69.0 Å². The van der Waals surface area contributed by atoms with E-state index in [1.165, 1.54) is 42.0 Å². The lowest BCUT2D eigenvalue weighted by Gasteiger charge is -2.15. The maximum absolute atomic E-state index is 12.2. The predicted molar refractivity (Wildman–Crippen MR) is 540 cm³/mol. The van der Waals surface area contributed by atoms with E-state index in [2.05, 4.69) is 6.08 Å². The first-order valence-corrected chi connectivity index (χ1v) is 45.3. The number of aromatic carboxylic acids is 5. The number of aryl methyl sites for hydroxylation is 1. The molecule has 5 atom stereocenters. The average molecular weight is 1850 g/mol. The number of allylic oxidation sites excluding steroid dienone is 18. The molecule has 5 aromatic rings. The Morgan fingerprint density at radius 3 is 0.701 bits per heavy atom. The Morgan fingerprint density at radius 2 is 0.478 bits per heavy atom. The lowest BCUT2D eigenvalue weighted by Crippen LogP contribution is -2.11. The van der Waals surface area contributed by atoms with Gasteiger partial charge in [0.05, 0.1) is 79.7 Å². The van der Waals surface area contributed by atoms with Gasteiger partial charge in [-0.25, -0.2) is 24.0 Å². The van der Waals surface area contributed by atoms with E-state index < -0.39 is 54.3 Å². The highest BCUT2D eigenvalue weighted by atomic mass is 16.5. The van der Waals surface area contributed by atoms with Crippen LogP contribution in [-0.4, -0.2) is 159 Å². The van der Waals surface area contributed by atoms with Gasteiger partial charge in [0.25, 0.3) is 0 Å². The van der Waals surface area contributed by atoms with Crippen molar-refractivity contribution < 1.29 is 110 Å². The molecule has 5 unspecified atom stereocenters. The number of carboxylic acids is 5. The van der Waals surface area contributed by atoms with Crippen molar-refractivity contribution in [1.29, 1.82) is 0 Å². The Morgan fingerprint density at radius 1 is 0.284 bits per heavy atom. The summed E-state index contributed by atoms with van der Waals surface area (Å²) in [4.78, 5) is 69.4. The second kappa shape index (κ2) is 62.7. The molecule has 0 aromatic heterocycles. The van der Waals surface area contributed by atoms with Crippen LogP contribution in [0.3, 0.4) is 0 Å². The highest BCUT2D eigenvalue weighted by molar-refractivity contribution is 5.91. The van der Waals surface area contributed by atoms with Gasteiger partial charge in [0.15, 0.2) is 0 Å². The number of benzene rings is 5. The first kappa shape index (κ1) is 120. The monoisotopic (exact) mass is 1850 g/mol. The molecule has 0 amide bonds. The van der Waals surface area contributed by atoms with Crippen molar-refractivity contribution in [3.8, 4) is 28.7 Å². The van der Waals surface area contributed by atoms with Crippen LogP contribution in [0, 0.1) is 5.92 Å². The molecule has 14 N–H and O–H groups in total. The molecule has 0 spiro atoms. The number of aliphatic hydroxyl groups excluding tert-OH is 6. The van der Waals surface area contributed by atoms with E-state index in [1.54, 1.807) is 51.5 Å². The minimum absolute atomic E-state index is 0.0424. The van der Waals surface area contributed by atoms with Crippen LogP contribution in [0.1, 0.15) is 305 Å². The van der Waals surface area contributed by atoms with Crippen LogP contribution in [0.15, 0.2) is 224 Å². The summed E-state index contributed by atoms with van der Waals surface area (Å²) in [6.07, 6.45) is 32.3. The molecule has 0 radical (unpaired) electrons. The van der Waals surface area contributed by atoms with Crippen molar-refractivity contribution in [2.45, 2.75) is 286 Å². The van der Waals surface area contributed by atoms with E-state index in [-0.39, 0.29) is 70.0 Å². The molecule has 0 fully saturated rings. The topological polar surface area (TPSA) is 404 Å². The van der Waals surface area contributed by atoms with E-state index in [9.17, 15) is 95.2 Å². The van der Waals surface area contributed by atoms with E-state index >= 15 is 0 Å². The summed E-state index contributed by atoms with van der Waals surface area (Å²) >= 11 is 0. The number of carboxylic acid groups (broad SMARTS) is 5. The first-order valence-electron chi connectivity index (χ1n) is 45.3. The third kappa shape index (κ3) is 46.7. The lowest BCUT2D eigenvalue weighted by atomic mass is 9.92. The molecule has 5 aromatic carbocycles. The number of Topliss-reactive ketones (excluding diaryl/α,β-unsaturated/α-hetero) is 1. The second-order valence-corrected chi connectivity index (χ2v) is 36.0. The molecule has 0 saturated carbocycles. The Balaban J connectivity index is 0.000000838. The Bertz CT molecular complexity index is 5210. The summed E-state index contributed by atoms with van der Waals surface area (Å²) in [5.41, 5.74) is 21.2. The predicted octanol–water partition coefficient (Wildman–Crippen LogP) is 22.9. The normalized spacial score (nSPS) is 12.6. The zero-order valence-corrected chi connectivity index (χ0v) is 84.0. The lowest BCUT2D eigenvalue weighted by molar-refractivity contribution is -0.121. The molecule has 0 aliphatic rings. The van der Waals surface area contributed by atoms with Crippen molar-refractivity contribution in [3.63, 3.8) is 0 Å². The Kier molecular flexibility index (Phi) is 56.2. The summed E-state index contributed by atoms with van der Waals surface area (Å²) in [5, 5.41) is 138. The van der Waals surface area contributed by atoms with Gasteiger partial charge in [0.2, 0.25) is 0 Å². The average Bonchev–Trinajstić information content (AvgIpc) is 0.818. The highest BCUT2D eigenvalue weighted by Gasteiger charge is 2.22. The van der Waals surface area contributed by atoms with Crippen molar-refractivity contribution in [2.24, 2.45) is 5.92 Å². The summed E-state index contributed by atoms with van der Waals surface area (Å²) in [6.45, 7) is 44.4. The van der Waals surface area contributed by atoms with Gasteiger partial charge >= 0.3 is 29.8 Å². The fourth-order valence-electron chi connectivity index (χ4n) is 12.9. The number of phenolic OH excluding ortho intramolecular Hbond substituents is 3. The van der Waals surface area contributed by atoms with Gasteiger partial charge in [-0.3, -0.25) is 4.79 Å². The largest absolute Gasteiger partial charge is 0.507 e. The number of rotatable bonds is 45. The molecule has 22 heteroatoms. The summed E-state index contributed by atoms with van der Waals surface area (Å²) in [6, 6.07) is 15.5. The fourth-order valence-corrected chi connectivity index (χ4v) is 12.9. The molecule has 0 aliphatic heterocycles. The van der Waals surface area contributed by atoms with E-state index in [1.807, 2.05) is 225 Å². The number of aromatic hydroxyl groups is 3. The van der Waals surface area contributed by atoms with Gasteiger partial charge in [0.1, 0.15) is 34.5 Å². The van der Waals surface area contributed by atoms with Gasteiger partial charge in [-0.1, -0.05) is 148 Å². The maximum Gasteiger partial charge on any atom is 0.335 e.